The van der Waals surface area contributed by atoms with Crippen LogP contribution in [-0.2, 0) is 17.6 Å². The van der Waals surface area contributed by atoms with Crippen LogP contribution < -0.4 is 5.32 Å². The molecule has 0 spiro atoms. The average molecular weight is 365 g/mol. The zero-order chi connectivity index (χ0) is 17.9. The van der Waals surface area contributed by atoms with Gasteiger partial charge >= 0.3 is 0 Å². The molecular weight excluding hydrogens is 332 g/mol. The predicted molar refractivity (Wildman–Crippen MR) is 103 cm³/mol. The maximum absolute atomic E-state index is 12.5. The summed E-state index contributed by atoms with van der Waals surface area (Å²) < 4.78 is 5.36. The number of carbonyl (C=O) groups excluding carboxylic acids is 1. The molecule has 25 heavy (non-hydrogen) atoms. The predicted octanol–water partition coefficient (Wildman–Crippen LogP) is 3.35. The second-order valence-corrected chi connectivity index (χ2v) is 9.57. The van der Waals surface area contributed by atoms with Crippen molar-refractivity contribution in [2.45, 2.75) is 46.5 Å². The number of hydrogen-bond acceptors (Lipinski definition) is 4. The van der Waals surface area contributed by atoms with E-state index in [0.717, 1.165) is 69.5 Å². The van der Waals surface area contributed by atoms with Gasteiger partial charge in [-0.05, 0) is 55.2 Å². The van der Waals surface area contributed by atoms with Gasteiger partial charge in [0.2, 0.25) is 0 Å². The van der Waals surface area contributed by atoms with Gasteiger partial charge in [0, 0.05) is 24.5 Å². The van der Waals surface area contributed by atoms with Gasteiger partial charge in [-0.1, -0.05) is 20.8 Å². The quantitative estimate of drug-likeness (QED) is 0.815. The lowest BCUT2D eigenvalue weighted by Crippen LogP contribution is -2.38. The number of fused-ring (bicyclic) bond motifs is 1. The second kappa shape index (κ2) is 8.19. The third-order valence-corrected chi connectivity index (χ3v) is 6.81. The van der Waals surface area contributed by atoms with E-state index in [0.29, 0.717) is 5.41 Å². The van der Waals surface area contributed by atoms with Crippen molar-refractivity contribution in [2.75, 3.05) is 39.4 Å². The lowest BCUT2D eigenvalue weighted by molar-refractivity contribution is 0.0374. The molecule has 1 fully saturated rings. The first-order chi connectivity index (χ1) is 11.9. The Morgan fingerprint density at radius 3 is 2.84 bits per heavy atom. The zero-order valence-electron chi connectivity index (χ0n) is 15.9. The van der Waals surface area contributed by atoms with Gasteiger partial charge in [-0.15, -0.1) is 11.3 Å². The summed E-state index contributed by atoms with van der Waals surface area (Å²) in [7, 11) is 0. The largest absolute Gasteiger partial charge is 0.379 e. The number of thiophene rings is 1. The molecule has 2 heterocycles. The van der Waals surface area contributed by atoms with Crippen LogP contribution in [0.1, 0.15) is 53.7 Å². The van der Waals surface area contributed by atoms with E-state index in [2.05, 4.69) is 37.1 Å². The molecule has 0 radical (unpaired) electrons. The molecule has 1 aromatic rings. The third kappa shape index (κ3) is 5.05. The first-order valence-corrected chi connectivity index (χ1v) is 10.4. The molecule has 1 unspecified atom stereocenters. The molecule has 0 saturated carbocycles. The van der Waals surface area contributed by atoms with Crippen LogP contribution in [-0.4, -0.2) is 50.2 Å². The van der Waals surface area contributed by atoms with Crippen molar-refractivity contribution in [3.63, 3.8) is 0 Å². The number of nitrogens with one attached hydrogen (secondary N) is 1. The molecule has 140 valence electrons. The SMILES string of the molecule is CC(C)(C)C1CCc2sc(C(=O)NCCCN3CCOCC3)cc2C1. The number of amides is 1. The van der Waals surface area contributed by atoms with Crippen LogP contribution in [0.5, 0.6) is 0 Å². The summed E-state index contributed by atoms with van der Waals surface area (Å²) in [5.74, 6) is 0.827. The molecule has 3 rings (SSSR count). The monoisotopic (exact) mass is 364 g/mol. The molecule has 5 heteroatoms. The van der Waals surface area contributed by atoms with Crippen molar-refractivity contribution in [1.82, 2.24) is 10.2 Å². The van der Waals surface area contributed by atoms with Gasteiger partial charge in [0.05, 0.1) is 18.1 Å². The topological polar surface area (TPSA) is 41.6 Å². The Hall–Kier alpha value is -0.910. The van der Waals surface area contributed by atoms with E-state index in [1.807, 2.05) is 0 Å². The minimum atomic E-state index is 0.105. The molecule has 1 amide bonds. The summed E-state index contributed by atoms with van der Waals surface area (Å²) in [4.78, 5) is 17.2. The fourth-order valence-electron chi connectivity index (χ4n) is 3.79. The third-order valence-electron chi connectivity index (χ3n) is 5.57. The molecule has 0 aromatic carbocycles. The van der Waals surface area contributed by atoms with Crippen LogP contribution in [0.15, 0.2) is 6.07 Å². The van der Waals surface area contributed by atoms with Gasteiger partial charge in [0.1, 0.15) is 0 Å². The van der Waals surface area contributed by atoms with Crippen molar-refractivity contribution < 1.29 is 9.53 Å². The first-order valence-electron chi connectivity index (χ1n) is 9.63. The Labute approximate surface area is 155 Å². The highest BCUT2D eigenvalue weighted by Crippen LogP contribution is 2.40. The van der Waals surface area contributed by atoms with E-state index in [-0.39, 0.29) is 5.91 Å². The molecule has 1 aliphatic heterocycles. The van der Waals surface area contributed by atoms with E-state index in [1.165, 1.54) is 16.9 Å². The van der Waals surface area contributed by atoms with Crippen LogP contribution in [0, 0.1) is 11.3 Å². The van der Waals surface area contributed by atoms with Gasteiger partial charge in [-0.25, -0.2) is 0 Å². The van der Waals surface area contributed by atoms with E-state index >= 15 is 0 Å². The molecular formula is C20H32N2O2S. The summed E-state index contributed by atoms with van der Waals surface area (Å²) in [6, 6.07) is 2.15. The van der Waals surface area contributed by atoms with E-state index in [1.54, 1.807) is 11.3 Å². The van der Waals surface area contributed by atoms with Gasteiger partial charge < -0.3 is 10.1 Å². The van der Waals surface area contributed by atoms with Crippen LogP contribution in [0.4, 0.5) is 0 Å². The highest BCUT2D eigenvalue weighted by Gasteiger charge is 2.30. The Bertz CT molecular complexity index is 585. The fourth-order valence-corrected chi connectivity index (χ4v) is 4.92. The Balaban J connectivity index is 1.46. The highest BCUT2D eigenvalue weighted by molar-refractivity contribution is 7.14. The molecule has 1 N–H and O–H groups in total. The average Bonchev–Trinajstić information content (AvgIpc) is 3.02. The second-order valence-electron chi connectivity index (χ2n) is 8.43. The Morgan fingerprint density at radius 1 is 1.36 bits per heavy atom. The lowest BCUT2D eigenvalue weighted by Gasteiger charge is -2.33. The van der Waals surface area contributed by atoms with Crippen molar-refractivity contribution in [3.05, 3.63) is 21.4 Å². The normalized spacial score (nSPS) is 21.8. The van der Waals surface area contributed by atoms with E-state index in [4.69, 9.17) is 4.74 Å². The van der Waals surface area contributed by atoms with Crippen molar-refractivity contribution >= 4 is 17.2 Å². The number of ether oxygens (including phenoxy) is 1. The summed E-state index contributed by atoms with van der Waals surface area (Å²) in [5.41, 5.74) is 1.76. The molecule has 1 atom stereocenters. The summed E-state index contributed by atoms with van der Waals surface area (Å²) in [6.07, 6.45) is 4.51. The first kappa shape index (κ1) is 18.9. The minimum Gasteiger partial charge on any atom is -0.379 e. The number of carbonyl (C=O) groups is 1. The number of hydrogen-bond donors (Lipinski definition) is 1. The maximum Gasteiger partial charge on any atom is 0.261 e. The maximum atomic E-state index is 12.5. The lowest BCUT2D eigenvalue weighted by atomic mass is 9.72. The van der Waals surface area contributed by atoms with Crippen LogP contribution in [0.25, 0.3) is 0 Å². The van der Waals surface area contributed by atoms with Crippen LogP contribution in [0.2, 0.25) is 0 Å². The van der Waals surface area contributed by atoms with Crippen molar-refractivity contribution in [2.24, 2.45) is 11.3 Å². The van der Waals surface area contributed by atoms with Gasteiger partial charge in [-0.3, -0.25) is 9.69 Å². The van der Waals surface area contributed by atoms with E-state index in [9.17, 15) is 4.79 Å². The molecule has 4 nitrogen and oxygen atoms in total. The van der Waals surface area contributed by atoms with Gasteiger partial charge in [0.15, 0.2) is 0 Å². The number of rotatable bonds is 5. The van der Waals surface area contributed by atoms with Crippen molar-refractivity contribution in [3.8, 4) is 0 Å². The standard InChI is InChI=1S/C20H32N2O2S/c1-20(2,3)16-5-6-17-15(13-16)14-18(25-17)19(23)21-7-4-8-22-9-11-24-12-10-22/h14,16H,4-13H2,1-3H3,(H,21,23). The fraction of sp³-hybridized carbons (Fsp3) is 0.750. The van der Waals surface area contributed by atoms with Gasteiger partial charge in [-0.2, -0.15) is 0 Å². The minimum absolute atomic E-state index is 0.105. The van der Waals surface area contributed by atoms with Crippen LogP contribution >= 0.6 is 11.3 Å². The molecule has 1 aromatic heterocycles. The smallest absolute Gasteiger partial charge is 0.261 e. The van der Waals surface area contributed by atoms with E-state index < -0.39 is 0 Å². The molecule has 1 saturated heterocycles. The molecule has 1 aliphatic carbocycles. The van der Waals surface area contributed by atoms with Gasteiger partial charge in [0.25, 0.3) is 5.91 Å². The van der Waals surface area contributed by atoms with Crippen LogP contribution in [0.3, 0.4) is 0 Å². The summed E-state index contributed by atoms with van der Waals surface area (Å²) in [5, 5.41) is 3.10. The molecule has 0 bridgehead atoms. The highest BCUT2D eigenvalue weighted by atomic mass is 32.1. The number of aryl methyl sites for hydroxylation is 1. The number of nitrogens with zero attached hydrogens (tertiary/aromatic N) is 1. The Morgan fingerprint density at radius 2 is 2.12 bits per heavy atom. The molecule has 2 aliphatic rings. The number of morpholine rings is 1. The summed E-state index contributed by atoms with van der Waals surface area (Å²) in [6.45, 7) is 12.5. The Kier molecular flexibility index (Phi) is 6.18. The summed E-state index contributed by atoms with van der Waals surface area (Å²) >= 11 is 1.70. The van der Waals surface area contributed by atoms with Crippen molar-refractivity contribution in [1.29, 1.82) is 0 Å². The zero-order valence-corrected chi connectivity index (χ0v) is 16.7.